The molecule has 1 heterocycles. The van der Waals surface area contributed by atoms with E-state index in [1.165, 1.54) is 6.07 Å². The van der Waals surface area contributed by atoms with E-state index in [-0.39, 0.29) is 24.6 Å². The van der Waals surface area contributed by atoms with Crippen LogP contribution < -0.4 is 0 Å². The van der Waals surface area contributed by atoms with Crippen LogP contribution in [0.2, 0.25) is 0 Å². The molecular weight excluding hydrogens is 257 g/mol. The van der Waals surface area contributed by atoms with E-state index in [1.54, 1.807) is 18.2 Å². The molecule has 7 heteroatoms. The molecule has 2 rings (SSSR count). The van der Waals surface area contributed by atoms with Gasteiger partial charge >= 0.3 is 30.8 Å². The van der Waals surface area contributed by atoms with Gasteiger partial charge in [-0.1, -0.05) is 24.3 Å². The third-order valence-electron chi connectivity index (χ3n) is 2.80. The van der Waals surface area contributed by atoms with Crippen molar-refractivity contribution in [2.24, 2.45) is 0 Å². The van der Waals surface area contributed by atoms with E-state index in [4.69, 9.17) is 10.2 Å². The van der Waals surface area contributed by atoms with E-state index in [1.807, 2.05) is 12.1 Å². The number of nitrogens with zero attached hydrogens (tertiary/aromatic N) is 1. The fourth-order valence-electron chi connectivity index (χ4n) is 1.71. The van der Waals surface area contributed by atoms with Gasteiger partial charge in [0.2, 0.25) is 0 Å². The van der Waals surface area contributed by atoms with Crippen molar-refractivity contribution < 1.29 is 24.9 Å². The fraction of sp³-hybridized carbons (Fsp3) is 0.154. The second-order valence-corrected chi connectivity index (χ2v) is 4.14. The van der Waals surface area contributed by atoms with Crippen LogP contribution in [-0.2, 0) is 16.0 Å². The van der Waals surface area contributed by atoms with Gasteiger partial charge in [0.15, 0.2) is 0 Å². The Morgan fingerprint density at radius 3 is 2.25 bits per heavy atom. The molecule has 0 saturated heterocycles. The number of aliphatic carboxylic acids is 2. The molecule has 20 heavy (non-hydrogen) atoms. The molecule has 1 aromatic carbocycles. The molecule has 0 spiro atoms. The monoisotopic (exact) mass is 269 g/mol. The molecule has 6 nitrogen and oxygen atoms in total. The number of rotatable bonds is 4. The van der Waals surface area contributed by atoms with Crippen molar-refractivity contribution >= 4 is 41.7 Å². The van der Waals surface area contributed by atoms with Crippen molar-refractivity contribution in [2.45, 2.75) is 12.0 Å². The van der Waals surface area contributed by atoms with Crippen LogP contribution in [0.1, 0.15) is 5.69 Å². The number of carbonyl (C=O) groups is 2. The van der Waals surface area contributed by atoms with E-state index in [9.17, 15) is 14.7 Å². The van der Waals surface area contributed by atoms with E-state index >= 15 is 0 Å². The van der Waals surface area contributed by atoms with Crippen LogP contribution in [0.3, 0.4) is 0 Å². The minimum absolute atomic E-state index is 0. The molecule has 0 aliphatic rings. The Kier molecular flexibility index (Phi) is 4.90. The Labute approximate surface area is 126 Å². The second-order valence-electron chi connectivity index (χ2n) is 4.14. The Balaban J connectivity index is 0.00000200. The minimum atomic E-state index is -2.87. The third-order valence-corrected chi connectivity index (χ3v) is 2.80. The molecule has 0 aliphatic heterocycles. The summed E-state index contributed by atoms with van der Waals surface area (Å²) in [4.78, 5) is 25.9. The molecule has 1 aromatic heterocycles. The van der Waals surface area contributed by atoms with Crippen LogP contribution in [0.25, 0.3) is 10.9 Å². The van der Waals surface area contributed by atoms with Gasteiger partial charge < -0.3 is 15.3 Å². The third kappa shape index (κ3) is 2.99. The van der Waals surface area contributed by atoms with Crippen molar-refractivity contribution in [1.82, 2.24) is 4.98 Å². The van der Waals surface area contributed by atoms with Gasteiger partial charge in [0, 0.05) is 17.5 Å². The van der Waals surface area contributed by atoms with Crippen molar-refractivity contribution in [3.63, 3.8) is 0 Å². The standard InChI is InChI=1S/C13H11NO5.Li.H/c15-11(16)13(19,12(17)18)7-9-6-5-8-3-1-2-4-10(8)14-9;;/h1-6,19H,7H2,(H,15,16)(H,17,18);;. The van der Waals surface area contributed by atoms with Gasteiger partial charge in [0.05, 0.1) is 5.52 Å². The van der Waals surface area contributed by atoms with Gasteiger partial charge in [0.25, 0.3) is 5.60 Å². The van der Waals surface area contributed by atoms with Crippen LogP contribution in [0.4, 0.5) is 0 Å². The first-order chi connectivity index (χ1) is 8.93. The molecule has 100 valence electrons. The van der Waals surface area contributed by atoms with Crippen molar-refractivity contribution in [3.8, 4) is 0 Å². The summed E-state index contributed by atoms with van der Waals surface area (Å²) in [6.45, 7) is 0. The average Bonchev–Trinajstić information content (AvgIpc) is 2.38. The molecular formula is C13H12LiNO5. The number of hydrogen-bond acceptors (Lipinski definition) is 4. The van der Waals surface area contributed by atoms with E-state index in [0.29, 0.717) is 5.52 Å². The number of carboxylic acid groups (broad SMARTS) is 2. The predicted molar refractivity (Wildman–Crippen MR) is 72.8 cm³/mol. The first kappa shape index (κ1) is 16.2. The maximum absolute atomic E-state index is 10.9. The van der Waals surface area contributed by atoms with Gasteiger partial charge in [0.1, 0.15) is 0 Å². The van der Waals surface area contributed by atoms with Crippen LogP contribution in [-0.4, -0.2) is 56.7 Å². The normalized spacial score (nSPS) is 10.8. The van der Waals surface area contributed by atoms with Crippen LogP contribution in [0, 0.1) is 0 Å². The van der Waals surface area contributed by atoms with Crippen LogP contribution >= 0.6 is 0 Å². The molecule has 0 unspecified atom stereocenters. The summed E-state index contributed by atoms with van der Waals surface area (Å²) < 4.78 is 0. The molecule has 0 radical (unpaired) electrons. The second kappa shape index (κ2) is 6.05. The number of para-hydroxylation sites is 1. The molecule has 3 N–H and O–H groups in total. The molecule has 2 aromatic rings. The van der Waals surface area contributed by atoms with Gasteiger partial charge in [-0.15, -0.1) is 0 Å². The van der Waals surface area contributed by atoms with Gasteiger partial charge in [-0.25, -0.2) is 9.59 Å². The van der Waals surface area contributed by atoms with E-state index in [0.717, 1.165) is 5.39 Å². The summed E-state index contributed by atoms with van der Waals surface area (Å²) >= 11 is 0. The van der Waals surface area contributed by atoms with Gasteiger partial charge in [-0.05, 0) is 12.1 Å². The number of aliphatic hydroxyl groups is 1. The van der Waals surface area contributed by atoms with Crippen molar-refractivity contribution in [1.29, 1.82) is 0 Å². The Morgan fingerprint density at radius 1 is 1.05 bits per heavy atom. The number of carboxylic acids is 2. The maximum atomic E-state index is 10.9. The number of pyridine rings is 1. The van der Waals surface area contributed by atoms with Crippen molar-refractivity contribution in [2.75, 3.05) is 0 Å². The zero-order chi connectivity index (χ0) is 14.0. The zero-order valence-electron chi connectivity index (χ0n) is 9.78. The first-order valence-corrected chi connectivity index (χ1v) is 5.47. The topological polar surface area (TPSA) is 108 Å². The van der Waals surface area contributed by atoms with Crippen LogP contribution in [0.15, 0.2) is 36.4 Å². The molecule has 0 bridgehead atoms. The number of fused-ring (bicyclic) bond motifs is 1. The molecule has 0 aliphatic carbocycles. The molecule has 0 saturated carbocycles. The van der Waals surface area contributed by atoms with Gasteiger partial charge in [-0.2, -0.15) is 0 Å². The summed E-state index contributed by atoms with van der Waals surface area (Å²) in [5, 5.41) is 28.1. The Hall–Kier alpha value is -1.87. The number of benzene rings is 1. The van der Waals surface area contributed by atoms with Crippen LogP contribution in [0.5, 0.6) is 0 Å². The van der Waals surface area contributed by atoms with Crippen molar-refractivity contribution in [3.05, 3.63) is 42.1 Å². The summed E-state index contributed by atoms with van der Waals surface area (Å²) in [6, 6.07) is 10.3. The molecule has 0 fully saturated rings. The Bertz CT molecular complexity index is 644. The summed E-state index contributed by atoms with van der Waals surface area (Å²) in [5.41, 5.74) is -2.06. The fourth-order valence-corrected chi connectivity index (χ4v) is 1.71. The first-order valence-electron chi connectivity index (χ1n) is 5.47. The quantitative estimate of drug-likeness (QED) is 0.534. The zero-order valence-corrected chi connectivity index (χ0v) is 9.78. The van der Waals surface area contributed by atoms with Gasteiger partial charge in [-0.3, -0.25) is 4.98 Å². The summed E-state index contributed by atoms with van der Waals surface area (Å²) in [6.07, 6.45) is -0.595. The SMILES string of the molecule is O=C(O)C(O)(Cc1ccc2ccccc2n1)C(=O)O.[LiH]. The summed E-state index contributed by atoms with van der Waals surface area (Å²) in [7, 11) is 0. The van der Waals surface area contributed by atoms with E-state index in [2.05, 4.69) is 4.98 Å². The molecule has 0 atom stereocenters. The van der Waals surface area contributed by atoms with E-state index < -0.39 is 24.0 Å². The number of hydrogen-bond donors (Lipinski definition) is 3. The molecule has 0 amide bonds. The Morgan fingerprint density at radius 2 is 1.65 bits per heavy atom. The average molecular weight is 269 g/mol. The predicted octanol–water partition coefficient (Wildman–Crippen LogP) is 0.0291. The number of aromatic nitrogens is 1. The summed E-state index contributed by atoms with van der Waals surface area (Å²) in [5.74, 6) is -3.62.